The third kappa shape index (κ3) is 5.37. The Hall–Kier alpha value is -1.42. The number of amides is 2. The van der Waals surface area contributed by atoms with E-state index in [1.807, 2.05) is 16.7 Å². The summed E-state index contributed by atoms with van der Waals surface area (Å²) < 4.78 is 49.9. The molecule has 7 atom stereocenters. The minimum Gasteiger partial charge on any atom is -0.446 e. The fourth-order valence-corrected chi connectivity index (χ4v) is 8.08. The lowest BCUT2D eigenvalue weighted by Gasteiger charge is -2.54. The fraction of sp³-hybridized carbons (Fsp3) is 0.917. The maximum Gasteiger partial charge on any atom is 0.410 e. The van der Waals surface area contributed by atoms with Gasteiger partial charge in [-0.1, -0.05) is 0 Å². The van der Waals surface area contributed by atoms with Crippen LogP contribution in [0.1, 0.15) is 65.2 Å². The normalized spacial score (nSPS) is 37.7. The molecule has 0 bridgehead atoms. The summed E-state index contributed by atoms with van der Waals surface area (Å²) in [6.45, 7) is 5.14. The Morgan fingerprint density at radius 3 is 2.24 bits per heavy atom. The Labute approximate surface area is 202 Å². The summed E-state index contributed by atoms with van der Waals surface area (Å²) in [5, 5.41) is -0.908. The van der Waals surface area contributed by atoms with Crippen LogP contribution in [-0.4, -0.2) is 91.9 Å². The summed E-state index contributed by atoms with van der Waals surface area (Å²) in [6.07, 6.45) is 4.23. The molecule has 2 aliphatic carbocycles. The molecule has 4 fully saturated rings. The second-order valence-electron chi connectivity index (χ2n) is 10.8. The largest absolute Gasteiger partial charge is 0.446 e. The highest BCUT2D eigenvalue weighted by atomic mass is 32.2. The summed E-state index contributed by atoms with van der Waals surface area (Å²) in [6, 6.07) is -0.344. The van der Waals surface area contributed by atoms with E-state index >= 15 is 0 Å². The highest BCUT2D eigenvalue weighted by Crippen LogP contribution is 2.44. The molecule has 4 aliphatic rings. The van der Waals surface area contributed by atoms with E-state index in [-0.39, 0.29) is 54.5 Å². The van der Waals surface area contributed by atoms with Gasteiger partial charge in [0.25, 0.3) is 0 Å². The van der Waals surface area contributed by atoms with Crippen LogP contribution < -0.4 is 0 Å². The third-order valence-electron chi connectivity index (χ3n) is 8.52. The van der Waals surface area contributed by atoms with Gasteiger partial charge in [0.15, 0.2) is 9.84 Å². The lowest BCUT2D eigenvalue weighted by Crippen LogP contribution is -2.67. The quantitative estimate of drug-likeness (QED) is 0.589. The number of hydrogen-bond acceptors (Lipinski definition) is 6. The SMILES string of the molecule is CC(=O)N1C2CCC(C3CCC(S(C)(=O)=O)C(F)C3)CC2N(C(=O)OC2CCOCC2)C[C@@H]1C. The van der Waals surface area contributed by atoms with Gasteiger partial charge in [0, 0.05) is 38.6 Å². The van der Waals surface area contributed by atoms with Crippen molar-refractivity contribution in [1.82, 2.24) is 9.80 Å². The zero-order valence-corrected chi connectivity index (χ0v) is 21.3. The van der Waals surface area contributed by atoms with E-state index in [4.69, 9.17) is 9.47 Å². The summed E-state index contributed by atoms with van der Waals surface area (Å²) in [4.78, 5) is 29.5. The molecule has 0 aromatic heterocycles. The van der Waals surface area contributed by atoms with Gasteiger partial charge in [-0.2, -0.15) is 0 Å². The zero-order chi connectivity index (χ0) is 24.6. The second-order valence-corrected chi connectivity index (χ2v) is 13.1. The van der Waals surface area contributed by atoms with Crippen LogP contribution in [0.25, 0.3) is 0 Å². The number of carbonyl (C=O) groups excluding carboxylic acids is 2. The van der Waals surface area contributed by atoms with Gasteiger partial charge in [-0.05, 0) is 57.3 Å². The Bertz CT molecular complexity index is 864. The van der Waals surface area contributed by atoms with Gasteiger partial charge in [-0.25, -0.2) is 17.6 Å². The van der Waals surface area contributed by atoms with Crippen LogP contribution >= 0.6 is 0 Å². The van der Waals surface area contributed by atoms with Crippen molar-refractivity contribution in [2.24, 2.45) is 11.8 Å². The molecule has 8 nitrogen and oxygen atoms in total. The van der Waals surface area contributed by atoms with E-state index in [0.717, 1.165) is 19.1 Å². The lowest BCUT2D eigenvalue weighted by molar-refractivity contribution is -0.143. The Morgan fingerprint density at radius 2 is 1.62 bits per heavy atom. The van der Waals surface area contributed by atoms with Gasteiger partial charge < -0.3 is 19.3 Å². The van der Waals surface area contributed by atoms with E-state index in [0.29, 0.717) is 51.9 Å². The van der Waals surface area contributed by atoms with Crippen molar-refractivity contribution in [3.8, 4) is 0 Å². The number of alkyl halides is 1. The number of rotatable bonds is 3. The molecule has 0 spiro atoms. The molecule has 2 aliphatic heterocycles. The molecule has 0 aromatic rings. The Balaban J connectivity index is 1.49. The van der Waals surface area contributed by atoms with Gasteiger partial charge in [-0.15, -0.1) is 0 Å². The molecule has 10 heteroatoms. The van der Waals surface area contributed by atoms with Crippen molar-refractivity contribution < 1.29 is 31.9 Å². The van der Waals surface area contributed by atoms with Gasteiger partial charge in [0.2, 0.25) is 5.91 Å². The van der Waals surface area contributed by atoms with E-state index in [1.54, 1.807) is 6.92 Å². The van der Waals surface area contributed by atoms with Crippen LogP contribution in [0.15, 0.2) is 0 Å². The van der Waals surface area contributed by atoms with E-state index in [2.05, 4.69) is 0 Å². The number of hydrogen-bond donors (Lipinski definition) is 0. The minimum absolute atomic E-state index is 0.0101. The number of fused-ring (bicyclic) bond motifs is 1. The maximum absolute atomic E-state index is 14.8. The molecule has 34 heavy (non-hydrogen) atoms. The molecule has 2 saturated carbocycles. The molecule has 194 valence electrons. The van der Waals surface area contributed by atoms with Crippen molar-refractivity contribution in [2.45, 2.75) is 101 Å². The van der Waals surface area contributed by atoms with Crippen LogP contribution in [0, 0.1) is 11.8 Å². The first-order valence-electron chi connectivity index (χ1n) is 12.7. The lowest BCUT2D eigenvalue weighted by atomic mass is 9.69. The average Bonchev–Trinajstić information content (AvgIpc) is 2.77. The average molecular weight is 503 g/mol. The summed E-state index contributed by atoms with van der Waals surface area (Å²) >= 11 is 0. The second kappa shape index (κ2) is 10.3. The standard InChI is InChI=1S/C24H39FN2O6S/c1-15-14-26(24(29)33-19-8-10-32-11-9-19)22-13-18(4-6-21(22)27(15)16(2)28)17-5-7-23(20(25)12-17)34(3,30)31/h15,17-23H,4-14H2,1-3H3/t15-,17?,18?,20?,21?,22?,23?/m0/s1. The monoisotopic (exact) mass is 502 g/mol. The first-order chi connectivity index (χ1) is 16.1. The van der Waals surface area contributed by atoms with Crippen LogP contribution in [-0.2, 0) is 24.1 Å². The highest BCUT2D eigenvalue weighted by molar-refractivity contribution is 7.91. The van der Waals surface area contributed by atoms with Gasteiger partial charge in [0.05, 0.1) is 30.5 Å². The molecular weight excluding hydrogens is 463 g/mol. The van der Waals surface area contributed by atoms with Crippen molar-refractivity contribution >= 4 is 21.8 Å². The molecule has 6 unspecified atom stereocenters. The summed E-state index contributed by atoms with van der Waals surface area (Å²) in [5.74, 6) is 0.295. The first kappa shape index (κ1) is 25.7. The van der Waals surface area contributed by atoms with Crippen LogP contribution in [0.4, 0.5) is 9.18 Å². The van der Waals surface area contributed by atoms with Crippen molar-refractivity contribution in [2.75, 3.05) is 26.0 Å². The number of sulfone groups is 1. The molecule has 4 rings (SSSR count). The van der Waals surface area contributed by atoms with Gasteiger partial charge >= 0.3 is 6.09 Å². The third-order valence-corrected chi connectivity index (χ3v) is 10.1. The van der Waals surface area contributed by atoms with E-state index in [1.165, 1.54) is 0 Å². The van der Waals surface area contributed by atoms with Crippen LogP contribution in [0.5, 0.6) is 0 Å². The Kier molecular flexibility index (Phi) is 7.77. The molecule has 0 N–H and O–H groups in total. The number of halogens is 1. The number of piperazine rings is 1. The van der Waals surface area contributed by atoms with Crippen molar-refractivity contribution in [1.29, 1.82) is 0 Å². The minimum atomic E-state index is -3.40. The molecule has 2 amide bonds. The van der Waals surface area contributed by atoms with Crippen molar-refractivity contribution in [3.63, 3.8) is 0 Å². The summed E-state index contributed by atoms with van der Waals surface area (Å²) in [5.41, 5.74) is 0. The highest BCUT2D eigenvalue weighted by Gasteiger charge is 2.49. The number of ether oxygens (including phenoxy) is 2. The molecule has 2 heterocycles. The zero-order valence-electron chi connectivity index (χ0n) is 20.5. The predicted octanol–water partition coefficient (Wildman–Crippen LogP) is 2.94. The van der Waals surface area contributed by atoms with E-state index in [9.17, 15) is 22.4 Å². The Morgan fingerprint density at radius 1 is 0.971 bits per heavy atom. The number of carbonyl (C=O) groups is 2. The van der Waals surface area contributed by atoms with Crippen LogP contribution in [0.3, 0.4) is 0 Å². The predicted molar refractivity (Wildman–Crippen MR) is 125 cm³/mol. The van der Waals surface area contributed by atoms with Crippen molar-refractivity contribution in [3.05, 3.63) is 0 Å². The maximum atomic E-state index is 14.8. The molecule has 0 aromatic carbocycles. The molecular formula is C24H39FN2O6S. The molecule has 0 radical (unpaired) electrons. The van der Waals surface area contributed by atoms with Gasteiger partial charge in [0.1, 0.15) is 12.3 Å². The first-order valence-corrected chi connectivity index (χ1v) is 14.7. The van der Waals surface area contributed by atoms with E-state index < -0.39 is 21.3 Å². The fourth-order valence-electron chi connectivity index (χ4n) is 6.87. The van der Waals surface area contributed by atoms with Crippen LogP contribution in [0.2, 0.25) is 0 Å². The smallest absolute Gasteiger partial charge is 0.410 e. The molecule has 2 saturated heterocycles. The topological polar surface area (TPSA) is 93.2 Å². The van der Waals surface area contributed by atoms with Gasteiger partial charge in [-0.3, -0.25) is 4.79 Å². The summed E-state index contributed by atoms with van der Waals surface area (Å²) in [7, 11) is -3.40. The number of nitrogens with zero attached hydrogens (tertiary/aromatic N) is 2.